The largest absolute Gasteiger partial charge is 0.478 e. The van der Waals surface area contributed by atoms with Crippen molar-refractivity contribution in [3.8, 4) is 0 Å². The van der Waals surface area contributed by atoms with Gasteiger partial charge in [0.2, 0.25) is 0 Å². The summed E-state index contributed by atoms with van der Waals surface area (Å²) in [6.07, 6.45) is 2.51. The van der Waals surface area contributed by atoms with Crippen molar-refractivity contribution in [3.63, 3.8) is 0 Å². The number of benzene rings is 1. The van der Waals surface area contributed by atoms with E-state index in [0.29, 0.717) is 5.69 Å². The SMILES string of the molecule is CC(CN1CCCC1)Nc1cccc(Cl)c1C(=O)O. The molecule has 0 aliphatic carbocycles. The van der Waals surface area contributed by atoms with Gasteiger partial charge >= 0.3 is 5.97 Å². The molecule has 2 rings (SSSR count). The predicted octanol–water partition coefficient (Wildman–Crippen LogP) is 2.93. The van der Waals surface area contributed by atoms with Crippen LogP contribution < -0.4 is 5.32 Å². The zero-order valence-corrected chi connectivity index (χ0v) is 11.8. The Morgan fingerprint density at radius 1 is 1.47 bits per heavy atom. The van der Waals surface area contributed by atoms with E-state index in [2.05, 4.69) is 17.1 Å². The van der Waals surface area contributed by atoms with Crippen LogP contribution in [0.5, 0.6) is 0 Å². The Kier molecular flexibility index (Phi) is 4.66. The summed E-state index contributed by atoms with van der Waals surface area (Å²) in [5.41, 5.74) is 0.740. The van der Waals surface area contributed by atoms with Crippen LogP contribution in [0.3, 0.4) is 0 Å². The lowest BCUT2D eigenvalue weighted by Gasteiger charge is -2.23. The van der Waals surface area contributed by atoms with Gasteiger partial charge in [0.25, 0.3) is 0 Å². The summed E-state index contributed by atoms with van der Waals surface area (Å²) in [7, 11) is 0. The van der Waals surface area contributed by atoms with Gasteiger partial charge in [-0.2, -0.15) is 0 Å². The van der Waals surface area contributed by atoms with Crippen LogP contribution in [0.4, 0.5) is 5.69 Å². The zero-order chi connectivity index (χ0) is 13.8. The predicted molar refractivity (Wildman–Crippen MR) is 77.2 cm³/mol. The first-order valence-electron chi connectivity index (χ1n) is 6.58. The molecule has 5 heteroatoms. The van der Waals surface area contributed by atoms with Gasteiger partial charge < -0.3 is 15.3 Å². The number of rotatable bonds is 5. The van der Waals surface area contributed by atoms with Crippen LogP contribution in [-0.2, 0) is 0 Å². The molecular weight excluding hydrogens is 264 g/mol. The molecule has 19 heavy (non-hydrogen) atoms. The molecule has 0 bridgehead atoms. The van der Waals surface area contributed by atoms with E-state index in [-0.39, 0.29) is 16.6 Å². The second-order valence-corrected chi connectivity index (χ2v) is 5.43. The first kappa shape index (κ1) is 14.2. The van der Waals surface area contributed by atoms with Gasteiger partial charge in [0.05, 0.1) is 10.7 Å². The van der Waals surface area contributed by atoms with Crippen LogP contribution in [0.25, 0.3) is 0 Å². The molecule has 2 N–H and O–H groups in total. The molecule has 1 aromatic rings. The van der Waals surface area contributed by atoms with Crippen molar-refractivity contribution in [1.82, 2.24) is 4.90 Å². The highest BCUT2D eigenvalue weighted by Crippen LogP contribution is 2.25. The van der Waals surface area contributed by atoms with Crippen LogP contribution in [0.2, 0.25) is 5.02 Å². The van der Waals surface area contributed by atoms with E-state index in [9.17, 15) is 9.90 Å². The number of nitrogens with one attached hydrogen (secondary N) is 1. The molecule has 0 aromatic heterocycles. The molecule has 1 heterocycles. The molecule has 0 saturated carbocycles. The van der Waals surface area contributed by atoms with Gasteiger partial charge in [-0.1, -0.05) is 17.7 Å². The van der Waals surface area contributed by atoms with Gasteiger partial charge in [0.1, 0.15) is 5.56 Å². The van der Waals surface area contributed by atoms with Crippen molar-refractivity contribution >= 4 is 23.3 Å². The molecule has 1 fully saturated rings. The third-order valence-electron chi connectivity index (χ3n) is 3.36. The Labute approximate surface area is 118 Å². The second kappa shape index (κ2) is 6.26. The van der Waals surface area contributed by atoms with Crippen molar-refractivity contribution in [3.05, 3.63) is 28.8 Å². The summed E-state index contributed by atoms with van der Waals surface area (Å²) < 4.78 is 0. The van der Waals surface area contributed by atoms with E-state index >= 15 is 0 Å². The first-order valence-corrected chi connectivity index (χ1v) is 6.96. The van der Waals surface area contributed by atoms with Crippen molar-refractivity contribution in [2.45, 2.75) is 25.8 Å². The van der Waals surface area contributed by atoms with Crippen LogP contribution in [0, 0.1) is 0 Å². The molecule has 4 nitrogen and oxygen atoms in total. The maximum atomic E-state index is 11.2. The fraction of sp³-hybridized carbons (Fsp3) is 0.500. The fourth-order valence-corrected chi connectivity index (χ4v) is 2.78. The number of anilines is 1. The van der Waals surface area contributed by atoms with Crippen molar-refractivity contribution in [1.29, 1.82) is 0 Å². The Morgan fingerprint density at radius 2 is 2.16 bits per heavy atom. The number of carboxylic acids is 1. The van der Waals surface area contributed by atoms with Crippen LogP contribution >= 0.6 is 11.6 Å². The molecule has 0 radical (unpaired) electrons. The van der Waals surface area contributed by atoms with Crippen molar-refractivity contribution < 1.29 is 9.90 Å². The topological polar surface area (TPSA) is 52.6 Å². The van der Waals surface area contributed by atoms with Gasteiger partial charge in [-0.05, 0) is 45.0 Å². The van der Waals surface area contributed by atoms with Gasteiger partial charge in [-0.15, -0.1) is 0 Å². The number of hydrogen-bond donors (Lipinski definition) is 2. The Morgan fingerprint density at radius 3 is 2.79 bits per heavy atom. The monoisotopic (exact) mass is 282 g/mol. The standard InChI is InChI=1S/C14H19ClN2O2/c1-10(9-17-7-2-3-8-17)16-12-6-4-5-11(15)13(12)14(18)19/h4-6,10,16H,2-3,7-9H2,1H3,(H,18,19). The van der Waals surface area contributed by atoms with Crippen LogP contribution in [-0.4, -0.2) is 41.7 Å². The molecule has 1 saturated heterocycles. The second-order valence-electron chi connectivity index (χ2n) is 5.02. The molecule has 0 spiro atoms. The summed E-state index contributed by atoms with van der Waals surface area (Å²) in [6, 6.07) is 5.31. The van der Waals surface area contributed by atoms with Crippen LogP contribution in [0.1, 0.15) is 30.1 Å². The van der Waals surface area contributed by atoms with Crippen molar-refractivity contribution in [2.24, 2.45) is 0 Å². The number of nitrogens with zero attached hydrogens (tertiary/aromatic N) is 1. The molecular formula is C14H19ClN2O2. The van der Waals surface area contributed by atoms with E-state index in [4.69, 9.17) is 11.6 Å². The number of likely N-dealkylation sites (tertiary alicyclic amines) is 1. The van der Waals surface area contributed by atoms with Gasteiger partial charge in [0.15, 0.2) is 0 Å². The third-order valence-corrected chi connectivity index (χ3v) is 3.68. The molecule has 1 aliphatic rings. The summed E-state index contributed by atoms with van der Waals surface area (Å²) in [4.78, 5) is 13.6. The Hall–Kier alpha value is -1.26. The van der Waals surface area contributed by atoms with Gasteiger partial charge in [-0.25, -0.2) is 4.79 Å². The number of hydrogen-bond acceptors (Lipinski definition) is 3. The van der Waals surface area contributed by atoms with Gasteiger partial charge in [0, 0.05) is 12.6 Å². The minimum atomic E-state index is -0.999. The van der Waals surface area contributed by atoms with E-state index in [0.717, 1.165) is 19.6 Å². The number of aromatic carboxylic acids is 1. The minimum Gasteiger partial charge on any atom is -0.478 e. The van der Waals surface area contributed by atoms with Gasteiger partial charge in [-0.3, -0.25) is 0 Å². The minimum absolute atomic E-state index is 0.150. The average molecular weight is 283 g/mol. The Bertz CT molecular complexity index is 459. The molecule has 0 amide bonds. The summed E-state index contributed by atoms with van der Waals surface area (Å²) in [6.45, 7) is 5.25. The summed E-state index contributed by atoms with van der Waals surface area (Å²) in [5, 5.41) is 12.7. The summed E-state index contributed by atoms with van der Waals surface area (Å²) >= 11 is 5.95. The first-order chi connectivity index (χ1) is 9.08. The molecule has 1 unspecified atom stereocenters. The molecule has 1 aliphatic heterocycles. The highest BCUT2D eigenvalue weighted by molar-refractivity contribution is 6.34. The maximum Gasteiger partial charge on any atom is 0.339 e. The van der Waals surface area contributed by atoms with E-state index < -0.39 is 5.97 Å². The molecule has 104 valence electrons. The smallest absolute Gasteiger partial charge is 0.339 e. The lowest BCUT2D eigenvalue weighted by Crippen LogP contribution is -2.33. The van der Waals surface area contributed by atoms with Crippen molar-refractivity contribution in [2.75, 3.05) is 25.0 Å². The lowest BCUT2D eigenvalue weighted by atomic mass is 10.1. The molecule has 1 aromatic carbocycles. The van der Waals surface area contributed by atoms with E-state index in [1.54, 1.807) is 18.2 Å². The Balaban J connectivity index is 2.05. The molecule has 1 atom stereocenters. The number of carbonyl (C=O) groups is 1. The summed E-state index contributed by atoms with van der Waals surface area (Å²) in [5.74, 6) is -0.999. The lowest BCUT2D eigenvalue weighted by molar-refractivity contribution is 0.0698. The highest BCUT2D eigenvalue weighted by atomic mass is 35.5. The fourth-order valence-electron chi connectivity index (χ4n) is 2.53. The van der Waals surface area contributed by atoms with E-state index in [1.807, 2.05) is 0 Å². The number of carboxylic acid groups (broad SMARTS) is 1. The van der Waals surface area contributed by atoms with E-state index in [1.165, 1.54) is 12.8 Å². The highest BCUT2D eigenvalue weighted by Gasteiger charge is 2.18. The van der Waals surface area contributed by atoms with Crippen LogP contribution in [0.15, 0.2) is 18.2 Å². The third kappa shape index (κ3) is 3.61. The quantitative estimate of drug-likeness (QED) is 0.872. The average Bonchev–Trinajstić information content (AvgIpc) is 2.81. The zero-order valence-electron chi connectivity index (χ0n) is 11.0. The normalized spacial score (nSPS) is 17.4. The number of halogens is 1. The maximum absolute atomic E-state index is 11.2.